The Morgan fingerprint density at radius 2 is 1.82 bits per heavy atom. The normalized spacial score (nSPS) is 26.4. The van der Waals surface area contributed by atoms with Gasteiger partial charge in [-0.1, -0.05) is 34.4 Å². The zero-order chi connectivity index (χ0) is 19.3. The van der Waals surface area contributed by atoms with Crippen molar-refractivity contribution in [3.63, 3.8) is 0 Å². The second-order valence-corrected chi connectivity index (χ2v) is 8.96. The molecule has 3 fully saturated rings. The van der Waals surface area contributed by atoms with E-state index >= 15 is 0 Å². The van der Waals surface area contributed by atoms with Crippen molar-refractivity contribution in [2.45, 2.75) is 69.1 Å². The minimum absolute atomic E-state index is 0.0113. The lowest BCUT2D eigenvalue weighted by molar-refractivity contribution is -0.150. The predicted molar refractivity (Wildman–Crippen MR) is 107 cm³/mol. The van der Waals surface area contributed by atoms with Crippen LogP contribution >= 0.6 is 23.2 Å². The summed E-state index contributed by atoms with van der Waals surface area (Å²) >= 11 is 12.8. The van der Waals surface area contributed by atoms with E-state index in [0.717, 1.165) is 37.0 Å². The molecule has 0 spiro atoms. The maximum Gasteiger partial charge on any atom is 0.310 e. The second-order valence-electron chi connectivity index (χ2n) is 8.14. The molecule has 2 aliphatic heterocycles. The summed E-state index contributed by atoms with van der Waals surface area (Å²) in [6, 6.07) is 6.27. The van der Waals surface area contributed by atoms with E-state index in [0.29, 0.717) is 39.3 Å². The first kappa shape index (κ1) is 18.5. The van der Waals surface area contributed by atoms with Crippen molar-refractivity contribution in [1.82, 2.24) is 10.5 Å². The average molecular weight is 421 g/mol. The van der Waals surface area contributed by atoms with Gasteiger partial charge in [-0.3, -0.25) is 4.79 Å². The number of nitrogens with zero attached hydrogens (tertiary/aromatic N) is 1. The third-order valence-corrected chi connectivity index (χ3v) is 6.65. The van der Waals surface area contributed by atoms with Gasteiger partial charge in [-0.05, 0) is 50.7 Å². The van der Waals surface area contributed by atoms with E-state index in [-0.39, 0.29) is 18.5 Å². The number of benzene rings is 1. The van der Waals surface area contributed by atoms with Crippen LogP contribution in [-0.4, -0.2) is 29.3 Å². The van der Waals surface area contributed by atoms with E-state index in [1.54, 1.807) is 18.2 Å². The molecule has 5 rings (SSSR count). The highest BCUT2D eigenvalue weighted by Crippen LogP contribution is 2.46. The Balaban J connectivity index is 1.39. The Bertz CT molecular complexity index is 877. The number of ether oxygens (including phenoxy) is 1. The first-order valence-corrected chi connectivity index (χ1v) is 10.7. The molecule has 0 unspecified atom stereocenters. The maximum atomic E-state index is 12.8. The van der Waals surface area contributed by atoms with Crippen LogP contribution < -0.4 is 5.32 Å². The fraction of sp³-hybridized carbons (Fsp3) is 0.524. The van der Waals surface area contributed by atoms with E-state index in [9.17, 15) is 4.79 Å². The van der Waals surface area contributed by atoms with Gasteiger partial charge in [0, 0.05) is 29.1 Å². The van der Waals surface area contributed by atoms with Gasteiger partial charge in [-0.25, -0.2) is 0 Å². The van der Waals surface area contributed by atoms with E-state index in [4.69, 9.17) is 32.5 Å². The molecule has 3 aliphatic rings. The van der Waals surface area contributed by atoms with Crippen LogP contribution in [0.25, 0.3) is 11.3 Å². The second kappa shape index (κ2) is 7.36. The van der Waals surface area contributed by atoms with Crippen LogP contribution in [0.4, 0.5) is 0 Å². The molecule has 3 atom stereocenters. The lowest BCUT2D eigenvalue weighted by Gasteiger charge is -2.28. The summed E-state index contributed by atoms with van der Waals surface area (Å²) < 4.78 is 11.5. The number of esters is 1. The Kier molecular flexibility index (Phi) is 4.85. The molecular weight excluding hydrogens is 399 g/mol. The fourth-order valence-corrected chi connectivity index (χ4v) is 5.13. The number of aromatic nitrogens is 1. The van der Waals surface area contributed by atoms with Crippen LogP contribution in [0, 0.1) is 0 Å². The highest BCUT2D eigenvalue weighted by molar-refractivity contribution is 6.39. The van der Waals surface area contributed by atoms with Gasteiger partial charge in [-0.2, -0.15) is 0 Å². The van der Waals surface area contributed by atoms with Gasteiger partial charge in [0.25, 0.3) is 0 Å². The van der Waals surface area contributed by atoms with Crippen LogP contribution in [0.2, 0.25) is 10.0 Å². The van der Waals surface area contributed by atoms with Crippen molar-refractivity contribution in [3.8, 4) is 11.3 Å². The van der Waals surface area contributed by atoms with Crippen molar-refractivity contribution >= 4 is 29.2 Å². The van der Waals surface area contributed by atoms with Gasteiger partial charge in [0.1, 0.15) is 17.6 Å². The van der Waals surface area contributed by atoms with E-state index in [1.165, 1.54) is 12.8 Å². The molecule has 0 radical (unpaired) electrons. The van der Waals surface area contributed by atoms with E-state index in [1.807, 2.05) is 0 Å². The summed E-state index contributed by atoms with van der Waals surface area (Å²) in [7, 11) is 0. The van der Waals surface area contributed by atoms with Crippen molar-refractivity contribution in [2.24, 2.45) is 0 Å². The smallest absolute Gasteiger partial charge is 0.310 e. The number of fused-ring (bicyclic) bond motifs is 2. The van der Waals surface area contributed by atoms with Crippen LogP contribution in [0.5, 0.6) is 0 Å². The molecule has 7 heteroatoms. The van der Waals surface area contributed by atoms with Gasteiger partial charge in [0.2, 0.25) is 0 Å². The number of carbonyl (C=O) groups excluding carboxylic acids is 1. The minimum Gasteiger partial charge on any atom is -0.462 e. The molecule has 1 aliphatic carbocycles. The van der Waals surface area contributed by atoms with Crippen LogP contribution in [0.1, 0.15) is 55.8 Å². The third kappa shape index (κ3) is 3.56. The number of hydrogen-bond acceptors (Lipinski definition) is 5. The molecule has 2 aromatic rings. The Morgan fingerprint density at radius 1 is 1.14 bits per heavy atom. The molecular formula is C21H22Cl2N2O3. The highest BCUT2D eigenvalue weighted by atomic mass is 35.5. The first-order chi connectivity index (χ1) is 13.6. The van der Waals surface area contributed by atoms with Crippen molar-refractivity contribution in [1.29, 1.82) is 0 Å². The molecule has 28 heavy (non-hydrogen) atoms. The number of rotatable bonds is 5. The van der Waals surface area contributed by atoms with Crippen LogP contribution in [0.15, 0.2) is 22.7 Å². The van der Waals surface area contributed by atoms with Gasteiger partial charge in [0.15, 0.2) is 0 Å². The molecule has 2 bridgehead atoms. The number of nitrogens with one attached hydrogen (secondary N) is 1. The molecule has 1 aromatic carbocycles. The lowest BCUT2D eigenvalue weighted by atomic mass is 10.0. The summed E-state index contributed by atoms with van der Waals surface area (Å²) in [6.45, 7) is 0. The summed E-state index contributed by atoms with van der Waals surface area (Å²) in [6.07, 6.45) is 6.34. The fourth-order valence-electron chi connectivity index (χ4n) is 4.55. The molecule has 3 heterocycles. The molecule has 1 N–H and O–H groups in total. The number of halogens is 2. The average Bonchev–Trinajstić information content (AvgIpc) is 3.34. The van der Waals surface area contributed by atoms with Crippen molar-refractivity contribution in [2.75, 3.05) is 0 Å². The van der Waals surface area contributed by atoms with E-state index < -0.39 is 0 Å². The van der Waals surface area contributed by atoms with Crippen LogP contribution in [-0.2, 0) is 16.0 Å². The van der Waals surface area contributed by atoms with Gasteiger partial charge < -0.3 is 14.6 Å². The van der Waals surface area contributed by atoms with Crippen LogP contribution in [0.3, 0.4) is 0 Å². The highest BCUT2D eigenvalue weighted by Gasteiger charge is 2.37. The zero-order valence-corrected chi connectivity index (χ0v) is 16.9. The quantitative estimate of drug-likeness (QED) is 0.697. The Hall–Kier alpha value is -1.56. The summed E-state index contributed by atoms with van der Waals surface area (Å²) in [5.41, 5.74) is 1.93. The van der Waals surface area contributed by atoms with Gasteiger partial charge in [-0.15, -0.1) is 0 Å². The summed E-state index contributed by atoms with van der Waals surface area (Å²) in [4.78, 5) is 12.8. The van der Waals surface area contributed by atoms with E-state index in [2.05, 4.69) is 10.5 Å². The summed E-state index contributed by atoms with van der Waals surface area (Å²) in [5, 5.41) is 8.80. The van der Waals surface area contributed by atoms with Crippen molar-refractivity contribution in [3.05, 3.63) is 39.6 Å². The molecule has 148 valence electrons. The molecule has 0 amide bonds. The SMILES string of the molecule is O=C(Cc1c(-c2c(Cl)cccc2Cl)noc1C1CC1)O[C@@H]1C[C@H]2CC[C@@H](C1)N2. The number of carbonyl (C=O) groups is 1. The standard InChI is InChI=1S/C21H22Cl2N2O3/c22-16-2-1-3-17(23)19(16)20-15(21(28-25-20)11-4-5-11)10-18(26)27-14-8-12-6-7-13(9-14)24-12/h1-3,11-14,24H,4-10H2/t12-,13+,14-. The molecule has 1 aromatic heterocycles. The van der Waals surface area contributed by atoms with Gasteiger partial charge in [0.05, 0.1) is 16.5 Å². The minimum atomic E-state index is -0.235. The number of piperidine rings is 1. The lowest BCUT2D eigenvalue weighted by Crippen LogP contribution is -2.42. The molecule has 5 nitrogen and oxygen atoms in total. The topological polar surface area (TPSA) is 64.4 Å². The third-order valence-electron chi connectivity index (χ3n) is 6.02. The zero-order valence-electron chi connectivity index (χ0n) is 15.4. The monoisotopic (exact) mass is 420 g/mol. The van der Waals surface area contributed by atoms with Crippen molar-refractivity contribution < 1.29 is 14.1 Å². The maximum absolute atomic E-state index is 12.8. The Labute approximate surface area is 173 Å². The van der Waals surface area contributed by atoms with Gasteiger partial charge >= 0.3 is 5.97 Å². The number of hydrogen-bond donors (Lipinski definition) is 1. The molecule has 2 saturated heterocycles. The largest absolute Gasteiger partial charge is 0.462 e. The Morgan fingerprint density at radius 3 is 2.46 bits per heavy atom. The summed E-state index contributed by atoms with van der Waals surface area (Å²) in [5.74, 6) is 0.856. The first-order valence-electron chi connectivity index (χ1n) is 9.97. The molecule has 1 saturated carbocycles. The predicted octanol–water partition coefficient (Wildman–Crippen LogP) is 4.89.